The Labute approximate surface area is 343 Å². The molecule has 7 heterocycles. The first kappa shape index (κ1) is 38.4. The van der Waals surface area contributed by atoms with Crippen LogP contribution in [0.4, 0.5) is 27.8 Å². The van der Waals surface area contributed by atoms with Gasteiger partial charge in [-0.25, -0.2) is 14.8 Å². The summed E-state index contributed by atoms with van der Waals surface area (Å²) in [5.74, 6) is -0.785. The van der Waals surface area contributed by atoms with E-state index in [0.717, 1.165) is 94.3 Å². The SMILES string of the molecule is CN1CCN([C@@H]2CCCN(c3cnc(C(N)=O)c(Nc4ccc(C5CCN(CC6CN(c7ccc8c(c7)C(=O)N(C7CCC(=O)NC7=O)C8=O)C6)CC5)cc4)n3)C2)C1=O.[HH]. The molecule has 17 heteroatoms. The number of urea groups is 1. The third-order valence-electron chi connectivity index (χ3n) is 12.9. The number of nitrogens with two attached hydrogens (primary N) is 1. The number of benzene rings is 2. The molecular formula is C42H51N11O6. The van der Waals surface area contributed by atoms with E-state index < -0.39 is 35.6 Å². The molecule has 5 fully saturated rings. The first-order chi connectivity index (χ1) is 28.5. The molecular weight excluding hydrogens is 755 g/mol. The number of amides is 7. The molecule has 0 radical (unpaired) electrons. The number of likely N-dealkylation sites (N-methyl/N-ethyl adjacent to an activating group) is 1. The lowest BCUT2D eigenvalue weighted by molar-refractivity contribution is -0.136. The van der Waals surface area contributed by atoms with Gasteiger partial charge in [-0.3, -0.25) is 34.2 Å². The quantitative estimate of drug-likeness (QED) is 0.254. The van der Waals surface area contributed by atoms with E-state index in [0.29, 0.717) is 41.1 Å². The van der Waals surface area contributed by atoms with Crippen LogP contribution in [0.15, 0.2) is 48.7 Å². The molecule has 0 bridgehead atoms. The fourth-order valence-corrected chi connectivity index (χ4v) is 9.57. The van der Waals surface area contributed by atoms with Gasteiger partial charge in [-0.2, -0.15) is 0 Å². The molecule has 1 unspecified atom stereocenters. The van der Waals surface area contributed by atoms with Gasteiger partial charge in [0.2, 0.25) is 11.8 Å². The van der Waals surface area contributed by atoms with E-state index >= 15 is 0 Å². The molecule has 17 nitrogen and oxygen atoms in total. The third kappa shape index (κ3) is 7.43. The predicted molar refractivity (Wildman–Crippen MR) is 220 cm³/mol. The summed E-state index contributed by atoms with van der Waals surface area (Å²) >= 11 is 0. The predicted octanol–water partition coefficient (Wildman–Crippen LogP) is 2.62. The smallest absolute Gasteiger partial charge is 0.320 e. The maximum atomic E-state index is 13.3. The number of anilines is 4. The van der Waals surface area contributed by atoms with Gasteiger partial charge in [0.15, 0.2) is 11.5 Å². The second-order valence-electron chi connectivity index (χ2n) is 16.7. The van der Waals surface area contributed by atoms with E-state index in [9.17, 15) is 28.8 Å². The topological polar surface area (TPSA) is 198 Å². The second kappa shape index (κ2) is 15.6. The lowest BCUT2D eigenvalue weighted by Gasteiger charge is -2.44. The minimum atomic E-state index is -0.975. The molecule has 6 aliphatic heterocycles. The normalized spacial score (nSPS) is 23.2. The van der Waals surface area contributed by atoms with Gasteiger partial charge in [-0.15, -0.1) is 0 Å². The molecule has 3 aromatic rings. The third-order valence-corrected chi connectivity index (χ3v) is 12.9. The summed E-state index contributed by atoms with van der Waals surface area (Å²) in [5.41, 5.74) is 9.30. The van der Waals surface area contributed by atoms with Crippen molar-refractivity contribution in [1.29, 1.82) is 0 Å². The number of carbonyl (C=O) groups is 6. The average Bonchev–Trinajstić information content (AvgIpc) is 3.69. The van der Waals surface area contributed by atoms with Crippen LogP contribution in [0.3, 0.4) is 0 Å². The number of fused-ring (bicyclic) bond motifs is 1. The van der Waals surface area contributed by atoms with Crippen LogP contribution in [0.1, 0.15) is 82.6 Å². The number of imide groups is 2. The number of rotatable bonds is 10. The lowest BCUT2D eigenvalue weighted by atomic mass is 9.88. The number of hydrogen-bond donors (Lipinski definition) is 3. The molecule has 9 rings (SSSR count). The summed E-state index contributed by atoms with van der Waals surface area (Å²) in [6.07, 6.45) is 5.75. The van der Waals surface area contributed by atoms with Crippen molar-refractivity contribution < 1.29 is 30.2 Å². The van der Waals surface area contributed by atoms with E-state index in [2.05, 4.69) is 42.5 Å². The Hall–Kier alpha value is -6.10. The molecule has 5 saturated heterocycles. The highest BCUT2D eigenvalue weighted by Crippen LogP contribution is 2.35. The zero-order valence-electron chi connectivity index (χ0n) is 33.1. The van der Waals surface area contributed by atoms with Crippen LogP contribution in [0.5, 0.6) is 0 Å². The van der Waals surface area contributed by atoms with Crippen molar-refractivity contribution in [2.75, 3.05) is 81.1 Å². The number of aromatic nitrogens is 2. The number of carbonyl (C=O) groups excluding carboxylic acids is 6. The highest BCUT2D eigenvalue weighted by Gasteiger charge is 2.45. The number of likely N-dealkylation sites (tertiary alicyclic amines) is 1. The van der Waals surface area contributed by atoms with Gasteiger partial charge in [-0.1, -0.05) is 12.1 Å². The highest BCUT2D eigenvalue weighted by molar-refractivity contribution is 6.23. The Balaban J connectivity index is 0.00000499. The minimum Gasteiger partial charge on any atom is -0.371 e. The summed E-state index contributed by atoms with van der Waals surface area (Å²) in [6.45, 7) is 7.57. The summed E-state index contributed by atoms with van der Waals surface area (Å²) in [4.78, 5) is 96.2. The number of piperidine rings is 3. The van der Waals surface area contributed by atoms with Crippen molar-refractivity contribution in [2.24, 2.45) is 11.7 Å². The van der Waals surface area contributed by atoms with Crippen molar-refractivity contribution in [1.82, 2.24) is 34.9 Å². The van der Waals surface area contributed by atoms with E-state index in [1.807, 2.05) is 30.1 Å². The summed E-state index contributed by atoms with van der Waals surface area (Å²) in [7, 11) is 1.83. The maximum Gasteiger partial charge on any atom is 0.320 e. The van der Waals surface area contributed by atoms with Crippen LogP contribution >= 0.6 is 0 Å². The zero-order valence-corrected chi connectivity index (χ0v) is 33.1. The van der Waals surface area contributed by atoms with Crippen LogP contribution in [0, 0.1) is 5.92 Å². The molecule has 6 aliphatic rings. The molecule has 4 N–H and O–H groups in total. The molecule has 0 saturated carbocycles. The largest absolute Gasteiger partial charge is 0.371 e. The van der Waals surface area contributed by atoms with E-state index in [4.69, 9.17) is 10.7 Å². The molecule has 59 heavy (non-hydrogen) atoms. The van der Waals surface area contributed by atoms with E-state index in [1.54, 1.807) is 23.2 Å². The maximum absolute atomic E-state index is 13.3. The Morgan fingerprint density at radius 2 is 1.64 bits per heavy atom. The van der Waals surface area contributed by atoms with Crippen LogP contribution in [0.25, 0.3) is 0 Å². The van der Waals surface area contributed by atoms with Crippen molar-refractivity contribution >= 4 is 58.6 Å². The lowest BCUT2D eigenvalue weighted by Crippen LogP contribution is -2.54. The molecule has 1 aromatic heterocycles. The van der Waals surface area contributed by atoms with Crippen LogP contribution in [0.2, 0.25) is 0 Å². The Kier molecular flexibility index (Phi) is 10.1. The van der Waals surface area contributed by atoms with E-state index in [-0.39, 0.29) is 32.0 Å². The second-order valence-corrected chi connectivity index (χ2v) is 16.7. The molecule has 0 aliphatic carbocycles. The van der Waals surface area contributed by atoms with Crippen molar-refractivity contribution in [2.45, 2.75) is 56.5 Å². The van der Waals surface area contributed by atoms with Gasteiger partial charge in [0.25, 0.3) is 17.7 Å². The molecule has 2 aromatic carbocycles. The standard InChI is InChI=1S/C42H49N11O6.H2/c1-48-17-18-52(42(48)59)30-3-2-14-50(24-30)34-20-44-36(37(43)55)38(46-34)45-28-6-4-26(5-7-28)27-12-15-49(16-13-27)21-25-22-51(23-25)29-8-9-31-32(19-29)41(58)53(40(31)57)33-10-11-35(54)47-39(33)56;/h4-9,19-20,25,27,30,33H,2-3,10-18,21-24H2,1H3,(H2,43,55)(H,45,46)(H,47,54,56);1H/t30-,33?;/m1./s1. The fraction of sp³-hybridized carbons (Fsp3) is 0.476. The molecule has 2 atom stereocenters. The number of primary amides is 1. The number of hydrogen-bond acceptors (Lipinski definition) is 12. The summed E-state index contributed by atoms with van der Waals surface area (Å²) in [5, 5.41) is 5.53. The first-order valence-electron chi connectivity index (χ1n) is 20.6. The highest BCUT2D eigenvalue weighted by atomic mass is 16.2. The monoisotopic (exact) mass is 805 g/mol. The Bertz CT molecular complexity index is 2210. The Morgan fingerprint density at radius 3 is 2.36 bits per heavy atom. The van der Waals surface area contributed by atoms with Crippen LogP contribution in [-0.2, 0) is 9.59 Å². The van der Waals surface area contributed by atoms with E-state index in [1.165, 1.54) is 5.56 Å². The molecule has 310 valence electrons. The average molecular weight is 806 g/mol. The van der Waals surface area contributed by atoms with Gasteiger partial charge >= 0.3 is 6.03 Å². The number of nitrogens with one attached hydrogen (secondary N) is 2. The fourth-order valence-electron chi connectivity index (χ4n) is 9.57. The van der Waals surface area contributed by atoms with Gasteiger partial charge in [-0.05, 0) is 87.0 Å². The summed E-state index contributed by atoms with van der Waals surface area (Å²) < 4.78 is 0. The van der Waals surface area contributed by atoms with Gasteiger partial charge < -0.3 is 35.6 Å². The zero-order chi connectivity index (χ0) is 40.9. The molecule has 7 amide bonds. The van der Waals surface area contributed by atoms with Crippen molar-refractivity contribution in [3.05, 3.63) is 71.0 Å². The minimum absolute atomic E-state index is 0. The van der Waals surface area contributed by atoms with Crippen LogP contribution in [-0.4, -0.2) is 143 Å². The van der Waals surface area contributed by atoms with Gasteiger partial charge in [0, 0.05) is 78.0 Å². The van der Waals surface area contributed by atoms with Crippen LogP contribution < -0.4 is 26.2 Å². The van der Waals surface area contributed by atoms with Crippen molar-refractivity contribution in [3.63, 3.8) is 0 Å². The van der Waals surface area contributed by atoms with Gasteiger partial charge in [0.05, 0.1) is 23.4 Å². The Morgan fingerprint density at radius 1 is 0.881 bits per heavy atom. The number of nitrogens with zero attached hydrogens (tertiary/aromatic N) is 8. The van der Waals surface area contributed by atoms with Gasteiger partial charge in [0.1, 0.15) is 11.9 Å². The summed E-state index contributed by atoms with van der Waals surface area (Å²) in [6, 6.07) is 12.7. The van der Waals surface area contributed by atoms with Crippen molar-refractivity contribution in [3.8, 4) is 0 Å². The first-order valence-corrected chi connectivity index (χ1v) is 20.6. The molecule has 0 spiro atoms.